The van der Waals surface area contributed by atoms with Crippen LogP contribution in [-0.4, -0.2) is 11.6 Å². The van der Waals surface area contributed by atoms with Gasteiger partial charge in [-0.25, -0.2) is 0 Å². The van der Waals surface area contributed by atoms with Gasteiger partial charge in [-0.05, 0) is 46.5 Å². The van der Waals surface area contributed by atoms with E-state index in [1.54, 1.807) is 24.3 Å². The molecule has 2 bridgehead atoms. The lowest BCUT2D eigenvalue weighted by Gasteiger charge is -2.38. The van der Waals surface area contributed by atoms with Gasteiger partial charge in [0, 0.05) is 11.4 Å². The Hall–Kier alpha value is -2.62. The Morgan fingerprint density at radius 2 is 1.05 bits per heavy atom. The molecule has 0 radical (unpaired) electrons. The van der Waals surface area contributed by atoms with Crippen LogP contribution >= 0.6 is 0 Å². The van der Waals surface area contributed by atoms with Crippen molar-refractivity contribution in [1.82, 2.24) is 0 Å². The molecule has 0 amide bonds. The van der Waals surface area contributed by atoms with Gasteiger partial charge in [0.15, 0.2) is 0 Å². The van der Waals surface area contributed by atoms with E-state index in [4.69, 9.17) is 11.5 Å². The number of carbonyl (C=O) groups excluding carboxylic acids is 2. The van der Waals surface area contributed by atoms with Crippen LogP contribution in [0.25, 0.3) is 0 Å². The number of hydrogen-bond donors (Lipinski definition) is 2. The summed E-state index contributed by atoms with van der Waals surface area (Å²) in [5, 5.41) is 0. The quantitative estimate of drug-likeness (QED) is 0.558. The minimum atomic E-state index is -0.526. The van der Waals surface area contributed by atoms with Crippen molar-refractivity contribution in [3.63, 3.8) is 0 Å². The van der Waals surface area contributed by atoms with Gasteiger partial charge in [-0.2, -0.15) is 0 Å². The molecule has 0 aromatic heterocycles. The Labute approximate surface area is 115 Å². The molecule has 0 saturated heterocycles. The smallest absolute Gasteiger partial charge is 0.211 e. The predicted molar refractivity (Wildman–Crippen MR) is 75.4 cm³/mol. The Morgan fingerprint density at radius 3 is 1.45 bits per heavy atom. The van der Waals surface area contributed by atoms with Crippen LogP contribution in [0.3, 0.4) is 0 Å². The van der Waals surface area contributed by atoms with Gasteiger partial charge in [-0.1, -0.05) is 12.1 Å². The van der Waals surface area contributed by atoms with Gasteiger partial charge in [-0.15, -0.1) is 0 Å². The van der Waals surface area contributed by atoms with Crippen molar-refractivity contribution in [2.24, 2.45) is 0 Å². The lowest BCUT2D eigenvalue weighted by Crippen LogP contribution is -2.40. The van der Waals surface area contributed by atoms with E-state index in [9.17, 15) is 9.59 Å². The molecule has 98 valence electrons. The van der Waals surface area contributed by atoms with Gasteiger partial charge in [-0.3, -0.25) is 9.59 Å². The molecular weight excluding hydrogens is 252 g/mol. The number of fused-ring (bicyclic) bond motifs is 1. The van der Waals surface area contributed by atoms with E-state index >= 15 is 0 Å². The summed E-state index contributed by atoms with van der Waals surface area (Å²) in [5.41, 5.74) is 16.3. The number of nitrogen functional groups attached to an aromatic ring is 2. The van der Waals surface area contributed by atoms with Crippen molar-refractivity contribution in [1.29, 1.82) is 0 Å². The topological polar surface area (TPSA) is 86.2 Å². The molecule has 0 aliphatic heterocycles. The van der Waals surface area contributed by atoms with E-state index in [-0.39, 0.29) is 11.6 Å². The summed E-state index contributed by atoms with van der Waals surface area (Å²) < 4.78 is 0. The van der Waals surface area contributed by atoms with Crippen LogP contribution in [0.2, 0.25) is 0 Å². The number of nitrogens with two attached hydrogens (primary N) is 2. The van der Waals surface area contributed by atoms with Gasteiger partial charge in [0.2, 0.25) is 11.6 Å². The molecule has 2 atom stereocenters. The summed E-state index contributed by atoms with van der Waals surface area (Å²) >= 11 is 0. The monoisotopic (exact) mass is 264 g/mol. The summed E-state index contributed by atoms with van der Waals surface area (Å²) in [6.07, 6.45) is 0. The maximum atomic E-state index is 12.3. The number of rotatable bonds is 0. The van der Waals surface area contributed by atoms with E-state index in [2.05, 4.69) is 0 Å². The molecule has 0 heterocycles. The minimum absolute atomic E-state index is 0.342. The second-order valence-electron chi connectivity index (χ2n) is 5.37. The average Bonchev–Trinajstić information content (AvgIpc) is 2.42. The van der Waals surface area contributed by atoms with E-state index in [1.807, 2.05) is 12.1 Å². The number of Topliss-reactive ketones (excluding diaryl/α,β-unsaturated/α-hetero) is 2. The zero-order valence-electron chi connectivity index (χ0n) is 10.6. The molecule has 0 saturated carbocycles. The molecule has 3 aliphatic rings. The first kappa shape index (κ1) is 11.2. The fourth-order valence-electron chi connectivity index (χ4n) is 3.40. The summed E-state index contributed by atoms with van der Waals surface area (Å²) in [6.45, 7) is 0. The fourth-order valence-corrected chi connectivity index (χ4v) is 3.40. The number of carbonyl (C=O) groups is 2. The van der Waals surface area contributed by atoms with Crippen LogP contribution in [-0.2, 0) is 9.59 Å². The molecule has 0 spiro atoms. The van der Waals surface area contributed by atoms with Crippen molar-refractivity contribution >= 4 is 22.9 Å². The third-order valence-electron chi connectivity index (χ3n) is 4.23. The summed E-state index contributed by atoms with van der Waals surface area (Å²) in [4.78, 5) is 24.6. The Kier molecular flexibility index (Phi) is 1.95. The van der Waals surface area contributed by atoms with E-state index in [1.165, 1.54) is 0 Å². The SMILES string of the molecule is Nc1ccc2c(c1)C1C(=O)C(=O)C2c2cc(N)ccc21. The highest BCUT2D eigenvalue weighted by atomic mass is 16.2. The van der Waals surface area contributed by atoms with Gasteiger partial charge in [0.25, 0.3) is 0 Å². The predicted octanol–water partition coefficient (Wildman–Crippen LogP) is 1.58. The van der Waals surface area contributed by atoms with Crippen molar-refractivity contribution < 1.29 is 9.59 Å². The first-order chi connectivity index (χ1) is 9.58. The van der Waals surface area contributed by atoms with Crippen molar-refractivity contribution in [3.05, 3.63) is 58.7 Å². The molecule has 2 unspecified atom stereocenters. The van der Waals surface area contributed by atoms with Gasteiger partial charge < -0.3 is 11.5 Å². The lowest BCUT2D eigenvalue weighted by atomic mass is 9.62. The van der Waals surface area contributed by atoms with Crippen LogP contribution in [0.15, 0.2) is 36.4 Å². The molecule has 0 fully saturated rings. The molecular formula is C16H12N2O2. The number of ketones is 2. The standard InChI is InChI=1S/C16H12N2O2/c17-7-1-3-9-11(5-7)14-10-4-2-8(18)6-12(10)13(9)15(19)16(14)20/h1-6,13-14H,17-18H2. The van der Waals surface area contributed by atoms with Crippen molar-refractivity contribution in [2.75, 3.05) is 11.5 Å². The third-order valence-corrected chi connectivity index (χ3v) is 4.23. The minimum Gasteiger partial charge on any atom is -0.399 e. The third kappa shape index (κ3) is 1.20. The molecule has 20 heavy (non-hydrogen) atoms. The fraction of sp³-hybridized carbons (Fsp3) is 0.125. The van der Waals surface area contributed by atoms with Crippen LogP contribution < -0.4 is 11.5 Å². The molecule has 3 aliphatic carbocycles. The van der Waals surface area contributed by atoms with Crippen LogP contribution in [0.1, 0.15) is 34.1 Å². The highest BCUT2D eigenvalue weighted by Gasteiger charge is 2.48. The van der Waals surface area contributed by atoms with Gasteiger partial charge >= 0.3 is 0 Å². The maximum Gasteiger partial charge on any atom is 0.211 e. The molecule has 4 N–H and O–H groups in total. The number of benzene rings is 2. The van der Waals surface area contributed by atoms with Crippen LogP contribution in [0.4, 0.5) is 11.4 Å². The summed E-state index contributed by atoms with van der Waals surface area (Å²) in [6, 6.07) is 10.8. The van der Waals surface area contributed by atoms with E-state index in [0.717, 1.165) is 22.3 Å². The van der Waals surface area contributed by atoms with Gasteiger partial charge in [0.05, 0.1) is 11.8 Å². The van der Waals surface area contributed by atoms with Crippen molar-refractivity contribution in [3.8, 4) is 0 Å². The Morgan fingerprint density at radius 1 is 0.650 bits per heavy atom. The zero-order chi connectivity index (χ0) is 14.0. The second kappa shape index (κ2) is 3.48. The molecule has 5 rings (SSSR count). The lowest BCUT2D eigenvalue weighted by molar-refractivity contribution is -0.138. The number of anilines is 2. The van der Waals surface area contributed by atoms with Gasteiger partial charge in [0.1, 0.15) is 0 Å². The Balaban J connectivity index is 2.09. The van der Waals surface area contributed by atoms with Crippen LogP contribution in [0.5, 0.6) is 0 Å². The highest BCUT2D eigenvalue weighted by molar-refractivity contribution is 6.45. The molecule has 2 aromatic rings. The average molecular weight is 264 g/mol. The second-order valence-corrected chi connectivity index (χ2v) is 5.37. The number of hydrogen-bond acceptors (Lipinski definition) is 4. The van der Waals surface area contributed by atoms with Crippen LogP contribution in [0, 0.1) is 0 Å². The summed E-state index contributed by atoms with van der Waals surface area (Å²) in [7, 11) is 0. The molecule has 4 heteroatoms. The Bertz CT molecular complexity index is 728. The molecule has 4 nitrogen and oxygen atoms in total. The normalized spacial score (nSPS) is 22.6. The largest absolute Gasteiger partial charge is 0.399 e. The van der Waals surface area contributed by atoms with Crippen molar-refractivity contribution in [2.45, 2.75) is 11.8 Å². The van der Waals surface area contributed by atoms with E-state index < -0.39 is 11.8 Å². The highest BCUT2D eigenvalue weighted by Crippen LogP contribution is 2.50. The molecule has 2 aromatic carbocycles. The summed E-state index contributed by atoms with van der Waals surface area (Å²) in [5.74, 6) is -1.74. The first-order valence-corrected chi connectivity index (χ1v) is 6.44. The first-order valence-electron chi connectivity index (χ1n) is 6.44. The van der Waals surface area contributed by atoms with E-state index in [0.29, 0.717) is 11.4 Å². The maximum absolute atomic E-state index is 12.3. The zero-order valence-corrected chi connectivity index (χ0v) is 10.6.